The van der Waals surface area contributed by atoms with Gasteiger partial charge in [-0.1, -0.05) is 0 Å². The number of ether oxygens (including phenoxy) is 2. The molecule has 1 aliphatic heterocycles. The van der Waals surface area contributed by atoms with Gasteiger partial charge in [-0.15, -0.1) is 0 Å². The van der Waals surface area contributed by atoms with Gasteiger partial charge in [-0.05, 0) is 33.6 Å². The Balaban J connectivity index is 2.58. The SMILES string of the molecule is CC(C)(C)OC(=O)N[C@@H](COCCN)C(=O)N1CCCC1. The zero-order valence-corrected chi connectivity index (χ0v) is 13.2. The van der Waals surface area contributed by atoms with Crippen LogP contribution in [0, 0.1) is 0 Å². The molecule has 0 aliphatic carbocycles. The van der Waals surface area contributed by atoms with Crippen molar-refractivity contribution in [2.75, 3.05) is 32.8 Å². The highest BCUT2D eigenvalue weighted by atomic mass is 16.6. The van der Waals surface area contributed by atoms with E-state index in [0.29, 0.717) is 13.2 Å². The molecule has 1 aliphatic rings. The lowest BCUT2D eigenvalue weighted by atomic mass is 10.2. The Hall–Kier alpha value is -1.34. The van der Waals surface area contributed by atoms with Crippen molar-refractivity contribution in [1.29, 1.82) is 0 Å². The van der Waals surface area contributed by atoms with Gasteiger partial charge < -0.3 is 25.4 Å². The van der Waals surface area contributed by atoms with Crippen LogP contribution in [0.3, 0.4) is 0 Å². The largest absolute Gasteiger partial charge is 0.444 e. The van der Waals surface area contributed by atoms with Gasteiger partial charge in [0.15, 0.2) is 0 Å². The molecule has 0 aromatic heterocycles. The second-order valence-corrected chi connectivity index (χ2v) is 6.09. The summed E-state index contributed by atoms with van der Waals surface area (Å²) in [5.41, 5.74) is 4.76. The molecule has 0 aromatic rings. The molecule has 1 atom stereocenters. The average Bonchev–Trinajstić information content (AvgIpc) is 2.88. The Morgan fingerprint density at radius 1 is 1.29 bits per heavy atom. The van der Waals surface area contributed by atoms with Gasteiger partial charge in [0, 0.05) is 19.6 Å². The van der Waals surface area contributed by atoms with Crippen molar-refractivity contribution >= 4 is 12.0 Å². The van der Waals surface area contributed by atoms with Gasteiger partial charge in [-0.25, -0.2) is 4.79 Å². The average molecular weight is 301 g/mol. The van der Waals surface area contributed by atoms with Gasteiger partial charge in [0.25, 0.3) is 0 Å². The van der Waals surface area contributed by atoms with E-state index < -0.39 is 17.7 Å². The van der Waals surface area contributed by atoms with E-state index in [1.807, 2.05) is 0 Å². The summed E-state index contributed by atoms with van der Waals surface area (Å²) in [5, 5.41) is 2.59. The van der Waals surface area contributed by atoms with Crippen molar-refractivity contribution in [2.24, 2.45) is 5.73 Å². The number of hydrogen-bond donors (Lipinski definition) is 2. The first-order valence-electron chi connectivity index (χ1n) is 7.39. The molecular formula is C14H27N3O4. The fourth-order valence-electron chi connectivity index (χ4n) is 2.07. The third-order valence-electron chi connectivity index (χ3n) is 2.95. The predicted molar refractivity (Wildman–Crippen MR) is 78.8 cm³/mol. The van der Waals surface area contributed by atoms with Crippen LogP contribution in [0.2, 0.25) is 0 Å². The van der Waals surface area contributed by atoms with Gasteiger partial charge >= 0.3 is 6.09 Å². The number of alkyl carbamates (subject to hydrolysis) is 1. The third-order valence-corrected chi connectivity index (χ3v) is 2.95. The van der Waals surface area contributed by atoms with Crippen LogP contribution in [-0.4, -0.2) is 61.4 Å². The summed E-state index contributed by atoms with van der Waals surface area (Å²) < 4.78 is 10.5. The highest BCUT2D eigenvalue weighted by molar-refractivity contribution is 5.86. The zero-order valence-electron chi connectivity index (χ0n) is 13.2. The topological polar surface area (TPSA) is 93.9 Å². The van der Waals surface area contributed by atoms with Crippen molar-refractivity contribution < 1.29 is 19.1 Å². The molecule has 3 N–H and O–H groups in total. The predicted octanol–water partition coefficient (Wildman–Crippen LogP) is 0.477. The molecule has 0 unspecified atom stereocenters. The van der Waals surface area contributed by atoms with Crippen LogP contribution < -0.4 is 11.1 Å². The number of amides is 2. The van der Waals surface area contributed by atoms with Crippen LogP contribution in [0.5, 0.6) is 0 Å². The summed E-state index contributed by atoms with van der Waals surface area (Å²) in [6.07, 6.45) is 1.37. The van der Waals surface area contributed by atoms with E-state index in [0.717, 1.165) is 25.9 Å². The molecule has 1 saturated heterocycles. The van der Waals surface area contributed by atoms with Crippen molar-refractivity contribution in [2.45, 2.75) is 45.3 Å². The molecule has 1 fully saturated rings. The molecule has 1 rings (SSSR count). The van der Waals surface area contributed by atoms with Gasteiger partial charge in [0.2, 0.25) is 5.91 Å². The number of carbonyl (C=O) groups excluding carboxylic acids is 2. The third kappa shape index (κ3) is 6.77. The highest BCUT2D eigenvalue weighted by Gasteiger charge is 2.29. The normalized spacial score (nSPS) is 16.7. The molecule has 0 saturated carbocycles. The molecule has 21 heavy (non-hydrogen) atoms. The molecule has 0 bridgehead atoms. The molecule has 0 radical (unpaired) electrons. The van der Waals surface area contributed by atoms with E-state index in [1.54, 1.807) is 25.7 Å². The Bertz CT molecular complexity index is 349. The van der Waals surface area contributed by atoms with Gasteiger partial charge in [-0.3, -0.25) is 4.79 Å². The number of nitrogens with two attached hydrogens (primary N) is 1. The molecule has 0 spiro atoms. The number of likely N-dealkylation sites (tertiary alicyclic amines) is 1. The Labute approximate surface area is 126 Å². The van der Waals surface area contributed by atoms with E-state index in [4.69, 9.17) is 15.2 Å². The first kappa shape index (κ1) is 17.7. The Morgan fingerprint density at radius 2 is 1.90 bits per heavy atom. The smallest absolute Gasteiger partial charge is 0.408 e. The summed E-state index contributed by atoms with van der Waals surface area (Å²) in [6.45, 7) is 7.59. The number of rotatable bonds is 6. The van der Waals surface area contributed by atoms with Crippen LogP contribution in [0.25, 0.3) is 0 Å². The van der Waals surface area contributed by atoms with E-state index in [9.17, 15) is 9.59 Å². The van der Waals surface area contributed by atoms with Gasteiger partial charge in [0.1, 0.15) is 11.6 Å². The molecule has 2 amide bonds. The fraction of sp³-hybridized carbons (Fsp3) is 0.857. The Kier molecular flexibility index (Phi) is 6.91. The van der Waals surface area contributed by atoms with Crippen LogP contribution in [0.4, 0.5) is 4.79 Å². The van der Waals surface area contributed by atoms with E-state index in [2.05, 4.69) is 5.32 Å². The molecular weight excluding hydrogens is 274 g/mol. The van der Waals surface area contributed by atoms with Crippen molar-refractivity contribution in [3.8, 4) is 0 Å². The van der Waals surface area contributed by atoms with Gasteiger partial charge in [-0.2, -0.15) is 0 Å². The van der Waals surface area contributed by atoms with E-state index >= 15 is 0 Å². The highest BCUT2D eigenvalue weighted by Crippen LogP contribution is 2.11. The summed E-state index contributed by atoms with van der Waals surface area (Å²) >= 11 is 0. The van der Waals surface area contributed by atoms with Crippen LogP contribution >= 0.6 is 0 Å². The minimum absolute atomic E-state index is 0.103. The quantitative estimate of drug-likeness (QED) is 0.696. The Morgan fingerprint density at radius 3 is 2.43 bits per heavy atom. The minimum Gasteiger partial charge on any atom is -0.444 e. The molecule has 122 valence electrons. The van der Waals surface area contributed by atoms with Crippen molar-refractivity contribution in [3.63, 3.8) is 0 Å². The van der Waals surface area contributed by atoms with E-state index in [1.165, 1.54) is 0 Å². The summed E-state index contributed by atoms with van der Waals surface area (Å²) in [5.74, 6) is -0.129. The summed E-state index contributed by atoms with van der Waals surface area (Å²) in [4.78, 5) is 26.0. The number of carbonyl (C=O) groups is 2. The first-order valence-corrected chi connectivity index (χ1v) is 7.39. The van der Waals surface area contributed by atoms with Gasteiger partial charge in [0.05, 0.1) is 13.2 Å². The molecule has 7 heteroatoms. The lowest BCUT2D eigenvalue weighted by molar-refractivity contribution is -0.134. The maximum atomic E-state index is 12.4. The summed E-state index contributed by atoms with van der Waals surface area (Å²) in [6, 6.07) is -0.732. The molecule has 0 aromatic carbocycles. The lowest BCUT2D eigenvalue weighted by Crippen LogP contribution is -2.51. The fourth-order valence-corrected chi connectivity index (χ4v) is 2.07. The maximum Gasteiger partial charge on any atom is 0.408 e. The van der Waals surface area contributed by atoms with Crippen LogP contribution in [0.15, 0.2) is 0 Å². The zero-order chi connectivity index (χ0) is 15.9. The van der Waals surface area contributed by atoms with Crippen molar-refractivity contribution in [1.82, 2.24) is 10.2 Å². The summed E-state index contributed by atoms with van der Waals surface area (Å²) in [7, 11) is 0. The number of nitrogens with one attached hydrogen (secondary N) is 1. The van der Waals surface area contributed by atoms with Crippen LogP contribution in [-0.2, 0) is 14.3 Å². The standard InChI is InChI=1S/C14H27N3O4/c1-14(2,3)21-13(19)16-11(10-20-9-6-15)12(18)17-7-4-5-8-17/h11H,4-10,15H2,1-3H3,(H,16,19)/t11-/m0/s1. The first-order chi connectivity index (χ1) is 9.83. The monoisotopic (exact) mass is 301 g/mol. The minimum atomic E-state index is -0.732. The number of hydrogen-bond acceptors (Lipinski definition) is 5. The van der Waals surface area contributed by atoms with Crippen LogP contribution in [0.1, 0.15) is 33.6 Å². The second-order valence-electron chi connectivity index (χ2n) is 6.09. The second kappa shape index (κ2) is 8.19. The molecule has 1 heterocycles. The molecule has 7 nitrogen and oxygen atoms in total. The number of nitrogens with zero attached hydrogens (tertiary/aromatic N) is 1. The maximum absolute atomic E-state index is 12.4. The lowest BCUT2D eigenvalue weighted by Gasteiger charge is -2.26. The van der Waals surface area contributed by atoms with Crippen molar-refractivity contribution in [3.05, 3.63) is 0 Å². The van der Waals surface area contributed by atoms with E-state index in [-0.39, 0.29) is 12.5 Å².